The van der Waals surface area contributed by atoms with Crippen molar-refractivity contribution in [1.29, 1.82) is 0 Å². The Labute approximate surface area is 168 Å². The SMILES string of the molecule is NC(=O)c1cc2cncn2cc1Oc1ccc(OCCOC2CCOCC2)cc1. The Bertz CT molecular complexity index is 964. The summed E-state index contributed by atoms with van der Waals surface area (Å²) in [5.41, 5.74) is 6.54. The second kappa shape index (κ2) is 8.93. The molecule has 3 heterocycles. The first-order chi connectivity index (χ1) is 14.2. The van der Waals surface area contributed by atoms with E-state index in [0.717, 1.165) is 31.6 Å². The van der Waals surface area contributed by atoms with Gasteiger partial charge in [-0.25, -0.2) is 4.98 Å². The fourth-order valence-corrected chi connectivity index (χ4v) is 3.17. The number of pyridine rings is 1. The van der Waals surface area contributed by atoms with E-state index >= 15 is 0 Å². The molecule has 8 nitrogen and oxygen atoms in total. The number of fused-ring (bicyclic) bond motifs is 1. The van der Waals surface area contributed by atoms with Crippen molar-refractivity contribution in [3.8, 4) is 17.2 Å². The van der Waals surface area contributed by atoms with Crippen LogP contribution in [0.2, 0.25) is 0 Å². The van der Waals surface area contributed by atoms with Crippen molar-refractivity contribution >= 4 is 11.4 Å². The predicted octanol–water partition coefficient (Wildman–Crippen LogP) is 2.80. The lowest BCUT2D eigenvalue weighted by atomic mass is 10.2. The molecule has 2 aromatic heterocycles. The summed E-state index contributed by atoms with van der Waals surface area (Å²) in [5.74, 6) is 1.08. The van der Waals surface area contributed by atoms with Crippen LogP contribution in [0.25, 0.3) is 5.52 Å². The molecular weight excluding hydrogens is 374 g/mol. The van der Waals surface area contributed by atoms with E-state index in [4.69, 9.17) is 24.7 Å². The minimum atomic E-state index is -0.562. The van der Waals surface area contributed by atoms with E-state index in [2.05, 4.69) is 4.98 Å². The Hall–Kier alpha value is -3.10. The molecular formula is C21H23N3O5. The number of primary amides is 1. The zero-order chi connectivity index (χ0) is 20.1. The Morgan fingerprint density at radius 3 is 2.69 bits per heavy atom. The van der Waals surface area contributed by atoms with E-state index in [1.54, 1.807) is 41.3 Å². The highest BCUT2D eigenvalue weighted by molar-refractivity contribution is 5.96. The van der Waals surface area contributed by atoms with Crippen molar-refractivity contribution in [2.45, 2.75) is 18.9 Å². The summed E-state index contributed by atoms with van der Waals surface area (Å²) >= 11 is 0. The second-order valence-corrected chi connectivity index (χ2v) is 6.75. The Kier molecular flexibility index (Phi) is 5.92. The average Bonchev–Trinajstić information content (AvgIpc) is 3.20. The fraction of sp³-hybridized carbons (Fsp3) is 0.333. The molecule has 2 N–H and O–H groups in total. The lowest BCUT2D eigenvalue weighted by molar-refractivity contribution is -0.0388. The molecule has 1 fully saturated rings. The molecule has 0 saturated carbocycles. The van der Waals surface area contributed by atoms with Crippen LogP contribution < -0.4 is 15.2 Å². The zero-order valence-electron chi connectivity index (χ0n) is 16.0. The van der Waals surface area contributed by atoms with Gasteiger partial charge in [-0.05, 0) is 43.2 Å². The van der Waals surface area contributed by atoms with E-state index in [9.17, 15) is 4.79 Å². The first kappa shape index (κ1) is 19.2. The maximum atomic E-state index is 11.8. The van der Waals surface area contributed by atoms with Crippen LogP contribution in [-0.2, 0) is 9.47 Å². The largest absolute Gasteiger partial charge is 0.491 e. The molecule has 1 amide bonds. The number of benzene rings is 1. The Balaban J connectivity index is 1.34. The van der Waals surface area contributed by atoms with E-state index in [1.165, 1.54) is 0 Å². The summed E-state index contributed by atoms with van der Waals surface area (Å²) in [4.78, 5) is 15.8. The third-order valence-corrected chi connectivity index (χ3v) is 4.70. The van der Waals surface area contributed by atoms with Gasteiger partial charge in [0.1, 0.15) is 18.1 Å². The minimum absolute atomic E-state index is 0.260. The molecule has 0 bridgehead atoms. The van der Waals surface area contributed by atoms with Gasteiger partial charge in [0.2, 0.25) is 0 Å². The van der Waals surface area contributed by atoms with Crippen LogP contribution in [0, 0.1) is 0 Å². The molecule has 4 rings (SSSR count). The number of aromatic nitrogens is 2. The quantitative estimate of drug-likeness (QED) is 0.587. The predicted molar refractivity (Wildman–Crippen MR) is 106 cm³/mol. The van der Waals surface area contributed by atoms with Crippen molar-refractivity contribution in [2.75, 3.05) is 26.4 Å². The topological polar surface area (TPSA) is 97.3 Å². The van der Waals surface area contributed by atoms with E-state index in [-0.39, 0.29) is 6.10 Å². The van der Waals surface area contributed by atoms with Gasteiger partial charge in [0, 0.05) is 13.2 Å². The first-order valence-electron chi connectivity index (χ1n) is 9.54. The maximum Gasteiger partial charge on any atom is 0.252 e. The fourth-order valence-electron chi connectivity index (χ4n) is 3.17. The number of carbonyl (C=O) groups excluding carboxylic acids is 1. The van der Waals surface area contributed by atoms with Gasteiger partial charge in [-0.1, -0.05) is 0 Å². The third kappa shape index (κ3) is 4.85. The maximum absolute atomic E-state index is 11.8. The van der Waals surface area contributed by atoms with Crippen LogP contribution in [-0.4, -0.2) is 47.8 Å². The van der Waals surface area contributed by atoms with Gasteiger partial charge in [-0.15, -0.1) is 0 Å². The third-order valence-electron chi connectivity index (χ3n) is 4.70. The molecule has 1 aromatic carbocycles. The highest BCUT2D eigenvalue weighted by Crippen LogP contribution is 2.28. The molecule has 8 heteroatoms. The Morgan fingerprint density at radius 1 is 1.17 bits per heavy atom. The second-order valence-electron chi connectivity index (χ2n) is 6.75. The number of amides is 1. The summed E-state index contributed by atoms with van der Waals surface area (Å²) in [6, 6.07) is 8.82. The lowest BCUT2D eigenvalue weighted by Gasteiger charge is -2.22. The van der Waals surface area contributed by atoms with E-state index < -0.39 is 5.91 Å². The van der Waals surface area contributed by atoms with Crippen molar-refractivity contribution in [2.24, 2.45) is 5.73 Å². The molecule has 0 unspecified atom stereocenters. The van der Waals surface area contributed by atoms with Gasteiger partial charge in [-0.3, -0.25) is 4.79 Å². The smallest absolute Gasteiger partial charge is 0.252 e. The number of nitrogens with two attached hydrogens (primary N) is 1. The number of hydrogen-bond acceptors (Lipinski definition) is 6. The van der Waals surface area contributed by atoms with Crippen LogP contribution >= 0.6 is 0 Å². The van der Waals surface area contributed by atoms with E-state index in [1.807, 2.05) is 12.1 Å². The standard InChI is InChI=1S/C21H23N3O5/c22-21(25)19-11-15-12-23-14-24(15)13-20(19)29-18-3-1-16(2-4-18)27-9-10-28-17-5-7-26-8-6-17/h1-4,11-14,17H,5-10H2,(H2,22,25). The van der Waals surface area contributed by atoms with Crippen molar-refractivity contribution in [1.82, 2.24) is 9.38 Å². The molecule has 0 aliphatic carbocycles. The monoisotopic (exact) mass is 397 g/mol. The van der Waals surface area contributed by atoms with Crippen molar-refractivity contribution < 1.29 is 23.7 Å². The molecule has 0 radical (unpaired) electrons. The summed E-state index contributed by atoms with van der Waals surface area (Å²) < 4.78 is 24.4. The molecule has 1 saturated heterocycles. The van der Waals surface area contributed by atoms with Crippen LogP contribution in [0.3, 0.4) is 0 Å². The number of imidazole rings is 1. The van der Waals surface area contributed by atoms with Crippen LogP contribution in [0.15, 0.2) is 49.1 Å². The number of hydrogen-bond donors (Lipinski definition) is 1. The first-order valence-corrected chi connectivity index (χ1v) is 9.54. The zero-order valence-corrected chi connectivity index (χ0v) is 16.0. The van der Waals surface area contributed by atoms with E-state index in [0.29, 0.717) is 36.0 Å². The molecule has 0 atom stereocenters. The molecule has 29 heavy (non-hydrogen) atoms. The summed E-state index contributed by atoms with van der Waals surface area (Å²) in [6.07, 6.45) is 7.09. The van der Waals surface area contributed by atoms with Crippen molar-refractivity contribution in [3.05, 3.63) is 54.6 Å². The van der Waals surface area contributed by atoms with Crippen LogP contribution in [0.5, 0.6) is 17.2 Å². The molecule has 0 spiro atoms. The molecule has 1 aliphatic rings. The number of rotatable bonds is 8. The van der Waals surface area contributed by atoms with Gasteiger partial charge in [0.25, 0.3) is 5.91 Å². The van der Waals surface area contributed by atoms with Gasteiger partial charge in [0.05, 0.1) is 42.5 Å². The summed E-state index contributed by atoms with van der Waals surface area (Å²) in [5, 5.41) is 0. The average molecular weight is 397 g/mol. The highest BCUT2D eigenvalue weighted by Gasteiger charge is 2.14. The number of ether oxygens (including phenoxy) is 4. The van der Waals surface area contributed by atoms with Crippen LogP contribution in [0.4, 0.5) is 0 Å². The number of nitrogens with zero attached hydrogens (tertiary/aromatic N) is 2. The summed E-state index contributed by atoms with van der Waals surface area (Å²) in [7, 11) is 0. The normalized spacial score (nSPS) is 14.8. The Morgan fingerprint density at radius 2 is 1.93 bits per heavy atom. The lowest BCUT2D eigenvalue weighted by Crippen LogP contribution is -2.25. The van der Waals surface area contributed by atoms with Crippen LogP contribution in [0.1, 0.15) is 23.2 Å². The van der Waals surface area contributed by atoms with Gasteiger partial charge in [-0.2, -0.15) is 0 Å². The number of carbonyl (C=O) groups is 1. The minimum Gasteiger partial charge on any atom is -0.491 e. The highest BCUT2D eigenvalue weighted by atomic mass is 16.5. The van der Waals surface area contributed by atoms with Crippen molar-refractivity contribution in [3.63, 3.8) is 0 Å². The summed E-state index contributed by atoms with van der Waals surface area (Å²) in [6.45, 7) is 2.53. The molecule has 1 aliphatic heterocycles. The molecule has 152 valence electrons. The molecule has 3 aromatic rings. The van der Waals surface area contributed by atoms with Gasteiger partial charge < -0.3 is 29.1 Å². The van der Waals surface area contributed by atoms with Gasteiger partial charge in [0.15, 0.2) is 5.75 Å². The van der Waals surface area contributed by atoms with Gasteiger partial charge >= 0.3 is 0 Å².